The Morgan fingerprint density at radius 1 is 1.44 bits per heavy atom. The van der Waals surface area contributed by atoms with E-state index < -0.39 is 10.0 Å². The quantitative estimate of drug-likeness (QED) is 0.831. The third-order valence-corrected chi connectivity index (χ3v) is 4.20. The minimum atomic E-state index is -3.56. The number of rotatable bonds is 4. The Hall–Kier alpha value is -1.67. The number of aryl methyl sites for hydroxylation is 3. The van der Waals surface area contributed by atoms with Crippen molar-refractivity contribution in [2.75, 3.05) is 0 Å². The van der Waals surface area contributed by atoms with Crippen LogP contribution in [0.4, 0.5) is 0 Å². The lowest BCUT2D eigenvalue weighted by molar-refractivity contribution is 0.578. The molecule has 0 spiro atoms. The summed E-state index contributed by atoms with van der Waals surface area (Å²) in [6.45, 7) is 3.49. The van der Waals surface area contributed by atoms with Gasteiger partial charge >= 0.3 is 0 Å². The minimum Gasteiger partial charge on any atom is -0.281 e. The molecule has 0 bridgehead atoms. The van der Waals surface area contributed by atoms with Gasteiger partial charge in [-0.1, -0.05) is 0 Å². The number of nitrogens with zero attached hydrogens (tertiary/aromatic N) is 3. The van der Waals surface area contributed by atoms with E-state index in [1.807, 2.05) is 0 Å². The lowest BCUT2D eigenvalue weighted by Gasteiger charge is -2.05. The van der Waals surface area contributed by atoms with Gasteiger partial charge in [0.05, 0.1) is 23.6 Å². The molecule has 2 rings (SSSR count). The second-order valence-corrected chi connectivity index (χ2v) is 5.77. The van der Waals surface area contributed by atoms with Gasteiger partial charge in [0.2, 0.25) is 10.0 Å². The highest BCUT2D eigenvalue weighted by molar-refractivity contribution is 7.89. The van der Waals surface area contributed by atoms with Crippen LogP contribution in [0.15, 0.2) is 17.2 Å². The zero-order valence-electron chi connectivity index (χ0n) is 10.4. The van der Waals surface area contributed by atoms with Gasteiger partial charge in [-0.25, -0.2) is 13.1 Å². The summed E-state index contributed by atoms with van der Waals surface area (Å²) in [6.07, 6.45) is 1.76. The summed E-state index contributed by atoms with van der Waals surface area (Å²) in [7, 11) is -1.78. The van der Waals surface area contributed by atoms with Crippen molar-refractivity contribution < 1.29 is 8.42 Å². The van der Waals surface area contributed by atoms with Gasteiger partial charge in [0.15, 0.2) is 0 Å². The largest absolute Gasteiger partial charge is 0.281 e. The van der Waals surface area contributed by atoms with Crippen LogP contribution in [0.25, 0.3) is 0 Å². The fourth-order valence-corrected chi connectivity index (χ4v) is 3.10. The monoisotopic (exact) mass is 269 g/mol. The van der Waals surface area contributed by atoms with Gasteiger partial charge in [0.25, 0.3) is 0 Å². The normalized spacial score (nSPS) is 11.9. The maximum atomic E-state index is 12.1. The maximum absolute atomic E-state index is 12.1. The summed E-state index contributed by atoms with van der Waals surface area (Å²) in [5, 5.41) is 10.6. The highest BCUT2D eigenvalue weighted by Gasteiger charge is 2.21. The van der Waals surface area contributed by atoms with E-state index >= 15 is 0 Å². The molecular formula is C10H15N5O2S. The summed E-state index contributed by atoms with van der Waals surface area (Å²) in [6, 6.07) is 1.76. The maximum Gasteiger partial charge on any atom is 0.244 e. The van der Waals surface area contributed by atoms with Gasteiger partial charge < -0.3 is 0 Å². The minimum absolute atomic E-state index is 0.160. The summed E-state index contributed by atoms with van der Waals surface area (Å²) in [4.78, 5) is 0.207. The fraction of sp³-hybridized carbons (Fsp3) is 0.400. The Bertz CT molecular complexity index is 636. The number of aromatic amines is 1. The Morgan fingerprint density at radius 3 is 2.67 bits per heavy atom. The number of hydrogen-bond acceptors (Lipinski definition) is 4. The van der Waals surface area contributed by atoms with E-state index in [9.17, 15) is 8.42 Å². The summed E-state index contributed by atoms with van der Waals surface area (Å²) >= 11 is 0. The van der Waals surface area contributed by atoms with E-state index in [2.05, 4.69) is 20.0 Å². The second kappa shape index (κ2) is 4.54. The molecule has 2 aromatic heterocycles. The predicted octanol–water partition coefficient (Wildman–Crippen LogP) is 0.239. The molecule has 0 saturated heterocycles. The van der Waals surface area contributed by atoms with E-state index in [1.165, 1.54) is 0 Å². The van der Waals surface area contributed by atoms with Crippen molar-refractivity contribution in [2.24, 2.45) is 7.05 Å². The molecule has 0 saturated carbocycles. The zero-order valence-corrected chi connectivity index (χ0v) is 11.2. The first kappa shape index (κ1) is 12.8. The molecule has 0 fully saturated rings. The fourth-order valence-electron chi connectivity index (χ4n) is 1.74. The molecule has 98 valence electrons. The van der Waals surface area contributed by atoms with Crippen molar-refractivity contribution >= 4 is 10.0 Å². The summed E-state index contributed by atoms with van der Waals surface area (Å²) in [5.74, 6) is 0. The van der Waals surface area contributed by atoms with E-state index in [0.717, 1.165) is 0 Å². The van der Waals surface area contributed by atoms with Gasteiger partial charge in [-0.05, 0) is 19.9 Å². The van der Waals surface area contributed by atoms with E-state index in [1.54, 1.807) is 37.8 Å². The molecule has 7 nitrogen and oxygen atoms in total. The highest BCUT2D eigenvalue weighted by Crippen LogP contribution is 2.16. The van der Waals surface area contributed by atoms with Crippen LogP contribution in [0.5, 0.6) is 0 Å². The van der Waals surface area contributed by atoms with E-state index in [4.69, 9.17) is 0 Å². The Kier molecular flexibility index (Phi) is 3.22. The average molecular weight is 269 g/mol. The number of aromatic nitrogens is 4. The van der Waals surface area contributed by atoms with Crippen LogP contribution >= 0.6 is 0 Å². The second-order valence-electron chi connectivity index (χ2n) is 4.07. The molecule has 0 atom stereocenters. The summed E-state index contributed by atoms with van der Waals surface area (Å²) < 4.78 is 28.4. The standard InChI is InChI=1S/C10H15N5O2S/c1-7-10(8(2)13-12-7)18(16,17)11-6-9-4-5-15(3)14-9/h4-5,11H,6H2,1-3H3,(H,12,13). The van der Waals surface area contributed by atoms with Gasteiger partial charge in [0.1, 0.15) is 4.90 Å². The number of nitrogens with one attached hydrogen (secondary N) is 2. The molecule has 2 N–H and O–H groups in total. The third-order valence-electron chi connectivity index (χ3n) is 2.54. The van der Waals surface area contributed by atoms with Gasteiger partial charge in [-0.15, -0.1) is 0 Å². The first-order chi connectivity index (χ1) is 8.40. The average Bonchev–Trinajstić information content (AvgIpc) is 2.83. The molecule has 0 amide bonds. The van der Waals surface area contributed by atoms with Crippen LogP contribution in [0, 0.1) is 13.8 Å². The van der Waals surface area contributed by atoms with Crippen LogP contribution in [0.2, 0.25) is 0 Å². The van der Waals surface area contributed by atoms with Crippen molar-refractivity contribution in [2.45, 2.75) is 25.3 Å². The van der Waals surface area contributed by atoms with Crippen LogP contribution in [-0.2, 0) is 23.6 Å². The number of sulfonamides is 1. The van der Waals surface area contributed by atoms with Crippen molar-refractivity contribution in [3.8, 4) is 0 Å². The molecule has 0 aromatic carbocycles. The molecular weight excluding hydrogens is 254 g/mol. The highest BCUT2D eigenvalue weighted by atomic mass is 32.2. The van der Waals surface area contributed by atoms with Crippen molar-refractivity contribution in [3.05, 3.63) is 29.3 Å². The van der Waals surface area contributed by atoms with Crippen molar-refractivity contribution in [3.63, 3.8) is 0 Å². The van der Waals surface area contributed by atoms with Crippen LogP contribution in [0.1, 0.15) is 17.1 Å². The van der Waals surface area contributed by atoms with Crippen LogP contribution in [0.3, 0.4) is 0 Å². The van der Waals surface area contributed by atoms with Crippen LogP contribution < -0.4 is 4.72 Å². The molecule has 0 radical (unpaired) electrons. The Balaban J connectivity index is 2.18. The van der Waals surface area contributed by atoms with Crippen molar-refractivity contribution in [1.82, 2.24) is 24.7 Å². The Morgan fingerprint density at radius 2 is 2.17 bits per heavy atom. The number of H-pyrrole nitrogens is 1. The van der Waals surface area contributed by atoms with E-state index in [-0.39, 0.29) is 11.4 Å². The van der Waals surface area contributed by atoms with Gasteiger partial charge in [0, 0.05) is 13.2 Å². The predicted molar refractivity (Wildman–Crippen MR) is 65.3 cm³/mol. The molecule has 2 aromatic rings. The van der Waals surface area contributed by atoms with Gasteiger partial charge in [-0.3, -0.25) is 9.78 Å². The zero-order chi connectivity index (χ0) is 13.3. The molecule has 0 unspecified atom stereocenters. The Labute approximate surface area is 105 Å². The lowest BCUT2D eigenvalue weighted by Crippen LogP contribution is -2.24. The van der Waals surface area contributed by atoms with Crippen molar-refractivity contribution in [1.29, 1.82) is 0 Å². The molecule has 18 heavy (non-hydrogen) atoms. The first-order valence-corrected chi connectivity index (χ1v) is 6.88. The van der Waals surface area contributed by atoms with Crippen LogP contribution in [-0.4, -0.2) is 28.4 Å². The smallest absolute Gasteiger partial charge is 0.244 e. The topological polar surface area (TPSA) is 92.7 Å². The molecule has 8 heteroatoms. The third kappa shape index (κ3) is 2.44. The number of hydrogen-bond donors (Lipinski definition) is 2. The molecule has 0 aliphatic heterocycles. The molecule has 2 heterocycles. The lowest BCUT2D eigenvalue weighted by atomic mass is 10.4. The van der Waals surface area contributed by atoms with Gasteiger partial charge in [-0.2, -0.15) is 10.2 Å². The van der Waals surface area contributed by atoms with E-state index in [0.29, 0.717) is 17.1 Å². The SMILES string of the molecule is Cc1n[nH]c(C)c1S(=O)(=O)NCc1ccn(C)n1. The molecule has 0 aliphatic rings. The first-order valence-electron chi connectivity index (χ1n) is 5.40. The molecule has 0 aliphatic carbocycles. The summed E-state index contributed by atoms with van der Waals surface area (Å²) in [5.41, 5.74) is 1.65.